The highest BCUT2D eigenvalue weighted by Gasteiger charge is 2.27. The number of carbonyl (C=O) groups excluding carboxylic acids is 1. The van der Waals surface area contributed by atoms with E-state index in [1.54, 1.807) is 23.9 Å². The van der Waals surface area contributed by atoms with E-state index in [0.717, 1.165) is 48.0 Å². The summed E-state index contributed by atoms with van der Waals surface area (Å²) in [5.41, 5.74) is 2.42. The number of hydrogen-bond donors (Lipinski definition) is 0. The fraction of sp³-hybridized carbons (Fsp3) is 0.565. The number of hydrogen-bond acceptors (Lipinski definition) is 5. The normalized spacial score (nSPS) is 19.7. The topological polar surface area (TPSA) is 73.0 Å². The number of nitrogens with zero attached hydrogens (tertiary/aromatic N) is 5. The molecular formula is C23H29N5O2S. The maximum atomic E-state index is 13.4. The third kappa shape index (κ3) is 3.82. The first kappa shape index (κ1) is 20.4. The van der Waals surface area contributed by atoms with Crippen molar-refractivity contribution in [2.45, 2.75) is 65.0 Å². The second-order valence-electron chi connectivity index (χ2n) is 9.05. The van der Waals surface area contributed by atoms with Crippen LogP contribution in [0.2, 0.25) is 0 Å². The zero-order valence-corrected chi connectivity index (χ0v) is 19.0. The summed E-state index contributed by atoms with van der Waals surface area (Å²) in [5.74, 6) is 0.845. The number of rotatable bonds is 4. The minimum Gasteiger partial charge on any atom is -0.342 e. The molecule has 0 bridgehead atoms. The maximum absolute atomic E-state index is 13.4. The van der Waals surface area contributed by atoms with E-state index in [0.29, 0.717) is 32.0 Å². The van der Waals surface area contributed by atoms with Gasteiger partial charge in [0.25, 0.3) is 5.56 Å². The molecule has 1 saturated heterocycles. The molecule has 0 aromatic carbocycles. The number of piperidine rings is 1. The number of aryl methyl sites for hydroxylation is 3. The van der Waals surface area contributed by atoms with Gasteiger partial charge in [-0.1, -0.05) is 6.92 Å². The third-order valence-corrected chi connectivity index (χ3v) is 8.08. The monoisotopic (exact) mass is 439 g/mol. The van der Waals surface area contributed by atoms with E-state index in [1.807, 2.05) is 27.1 Å². The Morgan fingerprint density at radius 3 is 2.81 bits per heavy atom. The lowest BCUT2D eigenvalue weighted by molar-refractivity contribution is -0.132. The van der Waals surface area contributed by atoms with Crippen LogP contribution >= 0.6 is 11.3 Å². The number of thiophene rings is 1. The molecule has 0 spiro atoms. The van der Waals surface area contributed by atoms with Gasteiger partial charge in [0, 0.05) is 48.9 Å². The predicted octanol–water partition coefficient (Wildman–Crippen LogP) is 3.34. The lowest BCUT2D eigenvalue weighted by Crippen LogP contribution is -2.41. The maximum Gasteiger partial charge on any atom is 0.262 e. The number of likely N-dealkylation sites (tertiary alicyclic amines) is 1. The van der Waals surface area contributed by atoms with Crippen molar-refractivity contribution in [2.24, 2.45) is 5.92 Å². The van der Waals surface area contributed by atoms with E-state index < -0.39 is 0 Å². The quantitative estimate of drug-likeness (QED) is 0.625. The summed E-state index contributed by atoms with van der Waals surface area (Å²) in [7, 11) is 0. The smallest absolute Gasteiger partial charge is 0.262 e. The highest BCUT2D eigenvalue weighted by Crippen LogP contribution is 2.36. The Morgan fingerprint density at radius 2 is 2.06 bits per heavy atom. The Bertz CT molecular complexity index is 1170. The number of aromatic nitrogens is 4. The van der Waals surface area contributed by atoms with Gasteiger partial charge < -0.3 is 4.90 Å². The second-order valence-corrected chi connectivity index (χ2v) is 10.1. The average Bonchev–Trinajstić information content (AvgIpc) is 3.35. The van der Waals surface area contributed by atoms with Gasteiger partial charge in [0.15, 0.2) is 0 Å². The molecule has 7 nitrogen and oxygen atoms in total. The van der Waals surface area contributed by atoms with Crippen LogP contribution in [0.1, 0.15) is 54.8 Å². The van der Waals surface area contributed by atoms with Crippen LogP contribution in [0.4, 0.5) is 0 Å². The fourth-order valence-electron chi connectivity index (χ4n) is 4.99. The summed E-state index contributed by atoms with van der Waals surface area (Å²) in [6.45, 7) is 6.26. The van der Waals surface area contributed by atoms with Crippen LogP contribution in [-0.4, -0.2) is 43.2 Å². The summed E-state index contributed by atoms with van der Waals surface area (Å²) in [6, 6.07) is 2.06. The Labute approximate surface area is 185 Å². The SMILES string of the molecule is Cc1ccnn1CCC(=O)N1CCC(n2cnc3sc4c(c3c2=O)CCC(C)C4)CC1. The predicted molar refractivity (Wildman–Crippen MR) is 122 cm³/mol. The highest BCUT2D eigenvalue weighted by atomic mass is 32.1. The minimum atomic E-state index is 0.107. The summed E-state index contributed by atoms with van der Waals surface area (Å²) >= 11 is 1.70. The molecule has 1 atom stereocenters. The van der Waals surface area contributed by atoms with Crippen LogP contribution in [0.3, 0.4) is 0 Å². The van der Waals surface area contributed by atoms with Crippen molar-refractivity contribution < 1.29 is 4.79 Å². The van der Waals surface area contributed by atoms with Crippen LogP contribution < -0.4 is 5.56 Å². The molecule has 1 amide bonds. The number of amides is 1. The van der Waals surface area contributed by atoms with E-state index in [-0.39, 0.29) is 17.5 Å². The molecule has 8 heteroatoms. The summed E-state index contributed by atoms with van der Waals surface area (Å²) in [4.78, 5) is 34.8. The Kier molecular flexibility index (Phi) is 5.42. The van der Waals surface area contributed by atoms with E-state index in [1.165, 1.54) is 10.4 Å². The van der Waals surface area contributed by atoms with Crippen molar-refractivity contribution in [1.29, 1.82) is 0 Å². The number of carbonyl (C=O) groups is 1. The first-order valence-electron chi connectivity index (χ1n) is 11.3. The van der Waals surface area contributed by atoms with Crippen molar-refractivity contribution in [2.75, 3.05) is 13.1 Å². The molecule has 5 rings (SSSR count). The molecule has 4 heterocycles. The van der Waals surface area contributed by atoms with Gasteiger partial charge in [-0.25, -0.2) is 4.98 Å². The molecule has 1 aliphatic carbocycles. The van der Waals surface area contributed by atoms with Gasteiger partial charge in [0.2, 0.25) is 5.91 Å². The fourth-order valence-corrected chi connectivity index (χ4v) is 6.33. The molecule has 1 fully saturated rings. The molecule has 2 aliphatic rings. The molecular weight excluding hydrogens is 410 g/mol. The molecule has 164 valence electrons. The molecule has 31 heavy (non-hydrogen) atoms. The van der Waals surface area contributed by atoms with Crippen molar-refractivity contribution in [3.05, 3.63) is 45.1 Å². The van der Waals surface area contributed by atoms with E-state index in [2.05, 4.69) is 17.0 Å². The summed E-state index contributed by atoms with van der Waals surface area (Å²) in [6.07, 6.45) is 8.74. The van der Waals surface area contributed by atoms with Gasteiger partial charge >= 0.3 is 0 Å². The molecule has 1 aliphatic heterocycles. The molecule has 0 radical (unpaired) electrons. The van der Waals surface area contributed by atoms with Gasteiger partial charge in [0.05, 0.1) is 11.7 Å². The Morgan fingerprint density at radius 1 is 1.26 bits per heavy atom. The van der Waals surface area contributed by atoms with E-state index in [4.69, 9.17) is 0 Å². The van der Waals surface area contributed by atoms with Crippen LogP contribution in [0.15, 0.2) is 23.4 Å². The van der Waals surface area contributed by atoms with Crippen LogP contribution in [-0.2, 0) is 24.2 Å². The van der Waals surface area contributed by atoms with Gasteiger partial charge in [-0.2, -0.15) is 5.10 Å². The first-order chi connectivity index (χ1) is 15.0. The van der Waals surface area contributed by atoms with Gasteiger partial charge in [-0.05, 0) is 56.6 Å². The van der Waals surface area contributed by atoms with E-state index >= 15 is 0 Å². The lowest BCUT2D eigenvalue weighted by Gasteiger charge is -2.33. The van der Waals surface area contributed by atoms with Crippen LogP contribution in [0.25, 0.3) is 10.2 Å². The zero-order valence-electron chi connectivity index (χ0n) is 18.2. The molecule has 0 N–H and O–H groups in total. The number of fused-ring (bicyclic) bond motifs is 3. The highest BCUT2D eigenvalue weighted by molar-refractivity contribution is 7.18. The summed E-state index contributed by atoms with van der Waals surface area (Å²) in [5, 5.41) is 5.10. The summed E-state index contributed by atoms with van der Waals surface area (Å²) < 4.78 is 3.70. The third-order valence-electron chi connectivity index (χ3n) is 6.92. The minimum absolute atomic E-state index is 0.107. The Hall–Kier alpha value is -2.48. The molecule has 3 aromatic heterocycles. The van der Waals surface area contributed by atoms with Gasteiger partial charge in [-0.15, -0.1) is 11.3 Å². The molecule has 0 saturated carbocycles. The van der Waals surface area contributed by atoms with Crippen molar-refractivity contribution in [1.82, 2.24) is 24.2 Å². The van der Waals surface area contributed by atoms with Crippen molar-refractivity contribution >= 4 is 27.5 Å². The van der Waals surface area contributed by atoms with Crippen molar-refractivity contribution in [3.63, 3.8) is 0 Å². The van der Waals surface area contributed by atoms with Crippen LogP contribution in [0, 0.1) is 12.8 Å². The second kappa shape index (κ2) is 8.22. The van der Waals surface area contributed by atoms with Crippen LogP contribution in [0.5, 0.6) is 0 Å². The first-order valence-corrected chi connectivity index (χ1v) is 12.1. The zero-order chi connectivity index (χ0) is 21.5. The Balaban J connectivity index is 1.27. The largest absolute Gasteiger partial charge is 0.342 e. The molecule has 3 aromatic rings. The standard InChI is InChI=1S/C23H29N5O2S/c1-15-3-4-18-19(13-15)31-22-21(18)23(30)27(14-24-22)17-6-10-26(11-7-17)20(29)8-12-28-16(2)5-9-25-28/h5,9,14-15,17H,3-4,6-8,10-13H2,1-2H3. The lowest BCUT2D eigenvalue weighted by atomic mass is 9.89. The van der Waals surface area contributed by atoms with E-state index in [9.17, 15) is 9.59 Å². The van der Waals surface area contributed by atoms with Crippen molar-refractivity contribution in [3.8, 4) is 0 Å². The van der Waals surface area contributed by atoms with Gasteiger partial charge in [0.1, 0.15) is 4.83 Å². The average molecular weight is 440 g/mol. The van der Waals surface area contributed by atoms with Gasteiger partial charge in [-0.3, -0.25) is 18.8 Å². The molecule has 1 unspecified atom stereocenters.